The van der Waals surface area contributed by atoms with Crippen molar-refractivity contribution in [1.29, 1.82) is 0 Å². The smallest absolute Gasteiger partial charge is 0.291 e. The highest BCUT2D eigenvalue weighted by Crippen LogP contribution is 2.33. The summed E-state index contributed by atoms with van der Waals surface area (Å²) >= 11 is 3.42. The Labute approximate surface area is 127 Å². The topological polar surface area (TPSA) is 68.1 Å². The van der Waals surface area contributed by atoms with E-state index in [9.17, 15) is 10.1 Å². The molecule has 1 aromatic rings. The molecule has 0 bridgehead atoms. The predicted octanol–water partition coefficient (Wildman–Crippen LogP) is 4.44. The van der Waals surface area contributed by atoms with Crippen molar-refractivity contribution in [2.24, 2.45) is 5.92 Å². The Morgan fingerprint density at radius 1 is 1.45 bits per heavy atom. The van der Waals surface area contributed by atoms with Crippen LogP contribution in [0.3, 0.4) is 0 Å². The van der Waals surface area contributed by atoms with Gasteiger partial charge in [0.1, 0.15) is 12.0 Å². The van der Waals surface area contributed by atoms with Crippen LogP contribution in [0.2, 0.25) is 0 Å². The maximum atomic E-state index is 10.9. The van der Waals surface area contributed by atoms with Gasteiger partial charge in [-0.25, -0.2) is 4.98 Å². The van der Waals surface area contributed by atoms with E-state index in [-0.39, 0.29) is 5.69 Å². The molecule has 0 aliphatic heterocycles. The number of nitrogens with zero attached hydrogens (tertiary/aromatic N) is 2. The predicted molar refractivity (Wildman–Crippen MR) is 83.0 cm³/mol. The van der Waals surface area contributed by atoms with Crippen molar-refractivity contribution in [3.8, 4) is 0 Å². The standard InChI is InChI=1S/C14H20BrN3O2/c1-9-12(18(19)20)8-16-14(13(9)15)17-10(2)11-6-4-3-5-7-11/h8,10-11H,3-7H2,1-2H3,(H,16,17). The van der Waals surface area contributed by atoms with Gasteiger partial charge in [0, 0.05) is 11.6 Å². The van der Waals surface area contributed by atoms with Crippen molar-refractivity contribution in [3.63, 3.8) is 0 Å². The number of hydrogen-bond donors (Lipinski definition) is 1. The minimum absolute atomic E-state index is 0.0488. The van der Waals surface area contributed by atoms with Crippen molar-refractivity contribution in [3.05, 3.63) is 26.3 Å². The third-order valence-corrected chi connectivity index (χ3v) is 5.13. The first-order valence-corrected chi connectivity index (χ1v) is 7.86. The molecule has 1 aromatic heterocycles. The second-order valence-electron chi connectivity index (χ2n) is 5.52. The molecule has 1 atom stereocenters. The van der Waals surface area contributed by atoms with Crippen molar-refractivity contribution >= 4 is 27.4 Å². The van der Waals surface area contributed by atoms with E-state index in [2.05, 4.69) is 33.2 Å². The van der Waals surface area contributed by atoms with E-state index in [1.54, 1.807) is 6.92 Å². The second kappa shape index (κ2) is 6.52. The molecular weight excluding hydrogens is 322 g/mol. The van der Waals surface area contributed by atoms with E-state index >= 15 is 0 Å². The molecule has 1 saturated carbocycles. The molecule has 110 valence electrons. The fourth-order valence-electron chi connectivity index (χ4n) is 2.82. The normalized spacial score (nSPS) is 17.8. The molecule has 6 heteroatoms. The lowest BCUT2D eigenvalue weighted by Gasteiger charge is -2.29. The van der Waals surface area contributed by atoms with Crippen molar-refractivity contribution in [2.45, 2.75) is 52.0 Å². The highest BCUT2D eigenvalue weighted by molar-refractivity contribution is 9.10. The third-order valence-electron chi connectivity index (χ3n) is 4.16. The SMILES string of the molecule is Cc1c([N+](=O)[O-])cnc(NC(C)C2CCCCC2)c1Br. The van der Waals surface area contributed by atoms with Crippen LogP contribution in [0.25, 0.3) is 0 Å². The molecule has 2 rings (SSSR count). The molecule has 0 radical (unpaired) electrons. The van der Waals surface area contributed by atoms with Crippen LogP contribution < -0.4 is 5.32 Å². The number of nitro groups is 1. The summed E-state index contributed by atoms with van der Waals surface area (Å²) in [4.78, 5) is 14.7. The lowest BCUT2D eigenvalue weighted by Crippen LogP contribution is -2.28. The first-order valence-electron chi connectivity index (χ1n) is 7.06. The Morgan fingerprint density at radius 2 is 2.10 bits per heavy atom. The minimum atomic E-state index is -0.401. The summed E-state index contributed by atoms with van der Waals surface area (Å²) in [6.45, 7) is 3.90. The van der Waals surface area contributed by atoms with E-state index in [1.165, 1.54) is 38.3 Å². The van der Waals surface area contributed by atoms with Gasteiger partial charge in [-0.05, 0) is 48.5 Å². The Bertz CT molecular complexity index is 501. The zero-order valence-corrected chi connectivity index (χ0v) is 13.4. The van der Waals surface area contributed by atoms with Gasteiger partial charge in [-0.1, -0.05) is 19.3 Å². The molecular formula is C14H20BrN3O2. The average molecular weight is 342 g/mol. The molecule has 1 unspecified atom stereocenters. The van der Waals surface area contributed by atoms with Gasteiger partial charge in [0.25, 0.3) is 5.69 Å². The summed E-state index contributed by atoms with van der Waals surface area (Å²) in [6.07, 6.45) is 7.75. The fourth-order valence-corrected chi connectivity index (χ4v) is 3.24. The minimum Gasteiger partial charge on any atom is -0.366 e. The van der Waals surface area contributed by atoms with Gasteiger partial charge >= 0.3 is 0 Å². The van der Waals surface area contributed by atoms with Gasteiger partial charge in [-0.15, -0.1) is 0 Å². The van der Waals surface area contributed by atoms with Crippen LogP contribution in [-0.4, -0.2) is 15.9 Å². The average Bonchev–Trinajstić information content (AvgIpc) is 2.44. The van der Waals surface area contributed by atoms with Crippen LogP contribution in [0.4, 0.5) is 11.5 Å². The Hall–Kier alpha value is -1.17. The molecule has 5 nitrogen and oxygen atoms in total. The zero-order chi connectivity index (χ0) is 14.7. The van der Waals surface area contributed by atoms with Crippen LogP contribution in [0.5, 0.6) is 0 Å². The van der Waals surface area contributed by atoms with Crippen molar-refractivity contribution in [2.75, 3.05) is 5.32 Å². The summed E-state index contributed by atoms with van der Waals surface area (Å²) in [7, 11) is 0. The summed E-state index contributed by atoms with van der Waals surface area (Å²) in [5.41, 5.74) is 0.663. The number of anilines is 1. The van der Waals surface area contributed by atoms with Gasteiger partial charge in [-0.3, -0.25) is 10.1 Å². The lowest BCUT2D eigenvalue weighted by atomic mass is 9.84. The number of nitrogens with one attached hydrogen (secondary N) is 1. The molecule has 1 aliphatic rings. The van der Waals surface area contributed by atoms with Crippen molar-refractivity contribution < 1.29 is 4.92 Å². The van der Waals surface area contributed by atoms with Crippen LogP contribution in [-0.2, 0) is 0 Å². The number of hydrogen-bond acceptors (Lipinski definition) is 4. The first kappa shape index (κ1) is 15.2. The molecule has 1 heterocycles. The first-order chi connectivity index (χ1) is 9.50. The van der Waals surface area contributed by atoms with Crippen LogP contribution in [0.15, 0.2) is 10.7 Å². The van der Waals surface area contributed by atoms with Gasteiger partial charge in [0.05, 0.1) is 9.40 Å². The number of halogens is 1. The molecule has 0 amide bonds. The molecule has 0 spiro atoms. The zero-order valence-electron chi connectivity index (χ0n) is 11.9. The van der Waals surface area contributed by atoms with Gasteiger partial charge in [-0.2, -0.15) is 0 Å². The van der Waals surface area contributed by atoms with E-state index < -0.39 is 4.92 Å². The number of pyridine rings is 1. The number of aromatic nitrogens is 1. The van der Waals surface area contributed by atoms with Crippen LogP contribution in [0.1, 0.15) is 44.6 Å². The maximum absolute atomic E-state index is 10.9. The summed E-state index contributed by atoms with van der Waals surface area (Å²) in [6, 6.07) is 0.333. The molecule has 0 saturated heterocycles. The molecule has 20 heavy (non-hydrogen) atoms. The molecule has 1 N–H and O–H groups in total. The highest BCUT2D eigenvalue weighted by Gasteiger charge is 2.23. The summed E-state index contributed by atoms with van der Waals surface area (Å²) in [5.74, 6) is 1.36. The quantitative estimate of drug-likeness (QED) is 0.649. The lowest BCUT2D eigenvalue weighted by molar-refractivity contribution is -0.385. The highest BCUT2D eigenvalue weighted by atomic mass is 79.9. The summed E-state index contributed by atoms with van der Waals surface area (Å²) < 4.78 is 0.689. The van der Waals surface area contributed by atoms with Crippen LogP contribution in [0, 0.1) is 23.0 Å². The van der Waals surface area contributed by atoms with Gasteiger partial charge < -0.3 is 5.32 Å². The Kier molecular flexibility index (Phi) is 4.96. The van der Waals surface area contributed by atoms with E-state index in [0.717, 1.165) is 0 Å². The van der Waals surface area contributed by atoms with Gasteiger partial charge in [0.15, 0.2) is 0 Å². The molecule has 0 aromatic carbocycles. The summed E-state index contributed by atoms with van der Waals surface area (Å²) in [5, 5.41) is 14.3. The monoisotopic (exact) mass is 341 g/mol. The molecule has 1 fully saturated rings. The third kappa shape index (κ3) is 3.29. The van der Waals surface area contributed by atoms with Crippen LogP contribution >= 0.6 is 15.9 Å². The largest absolute Gasteiger partial charge is 0.366 e. The maximum Gasteiger partial charge on any atom is 0.291 e. The van der Waals surface area contributed by atoms with E-state index in [4.69, 9.17) is 0 Å². The fraction of sp³-hybridized carbons (Fsp3) is 0.643. The second-order valence-corrected chi connectivity index (χ2v) is 6.31. The number of rotatable bonds is 4. The Balaban J connectivity index is 2.13. The van der Waals surface area contributed by atoms with Gasteiger partial charge in [0.2, 0.25) is 0 Å². The van der Waals surface area contributed by atoms with Crippen molar-refractivity contribution in [1.82, 2.24) is 4.98 Å². The van der Waals surface area contributed by atoms with E-state index in [0.29, 0.717) is 27.8 Å². The Morgan fingerprint density at radius 3 is 2.70 bits per heavy atom. The van der Waals surface area contributed by atoms with E-state index in [1.807, 2.05) is 0 Å². The molecule has 1 aliphatic carbocycles.